The van der Waals surface area contributed by atoms with E-state index in [9.17, 15) is 10.1 Å². The largest absolute Gasteiger partial charge is 0.444 e. The molecule has 0 spiro atoms. The minimum atomic E-state index is -0.693. The highest BCUT2D eigenvalue weighted by Crippen LogP contribution is 2.39. The van der Waals surface area contributed by atoms with Crippen LogP contribution in [-0.2, 0) is 10.2 Å². The molecule has 1 heterocycles. The van der Waals surface area contributed by atoms with Crippen LogP contribution in [0, 0.1) is 11.3 Å². The van der Waals surface area contributed by atoms with E-state index in [-0.39, 0.29) is 6.09 Å². The molecule has 1 aliphatic heterocycles. The second kappa shape index (κ2) is 6.60. The number of carbonyl (C=O) groups excluding carboxylic acids is 1. The Morgan fingerprint density at radius 3 is 2.54 bits per heavy atom. The first kappa shape index (κ1) is 18.5. The van der Waals surface area contributed by atoms with Crippen molar-refractivity contribution in [3.63, 3.8) is 0 Å². The third-order valence-corrected chi connectivity index (χ3v) is 4.76. The molecule has 0 bridgehead atoms. The fraction of sp³-hybridized carbons (Fsp3) is 0.474. The van der Waals surface area contributed by atoms with Gasteiger partial charge in [0.25, 0.3) is 0 Å². The molecule has 2 rings (SSSR count). The van der Waals surface area contributed by atoms with Crippen molar-refractivity contribution in [2.24, 2.45) is 0 Å². The van der Waals surface area contributed by atoms with Gasteiger partial charge in [0.05, 0.1) is 6.07 Å². The summed E-state index contributed by atoms with van der Waals surface area (Å²) in [5.74, 6) is 0. The Kier molecular flexibility index (Phi) is 5.10. The molecule has 0 aromatic heterocycles. The predicted octanol–water partition coefficient (Wildman–Crippen LogP) is 4.88. The summed E-state index contributed by atoms with van der Waals surface area (Å²) < 4.78 is 6.24. The van der Waals surface area contributed by atoms with Crippen molar-refractivity contribution < 1.29 is 9.53 Å². The van der Waals surface area contributed by atoms with Crippen LogP contribution in [0.3, 0.4) is 0 Å². The molecule has 1 aromatic carbocycles. The monoisotopic (exact) mass is 390 g/mol. The normalized spacial score (nSPS) is 16.1. The van der Waals surface area contributed by atoms with Crippen LogP contribution < -0.4 is 0 Å². The van der Waals surface area contributed by atoms with E-state index in [0.29, 0.717) is 13.1 Å². The van der Waals surface area contributed by atoms with E-state index in [1.807, 2.05) is 39.0 Å². The molecular formula is C19H23BrN2O2. The van der Waals surface area contributed by atoms with Crippen LogP contribution in [0.4, 0.5) is 4.79 Å². The second-order valence-corrected chi connectivity index (χ2v) is 8.04. The third-order valence-electron chi connectivity index (χ3n) is 4.11. The van der Waals surface area contributed by atoms with Gasteiger partial charge in [0.1, 0.15) is 11.0 Å². The standard InChI is InChI=1S/C19H23BrN2O2/c1-6-13(2)14-7-8-15(16(20)9-14)19(10-21)11-22(12-19)17(23)24-18(3,4)5/h7-9H,2,6,11-12H2,1,3-5H3. The lowest BCUT2D eigenvalue weighted by atomic mass is 9.75. The lowest BCUT2D eigenvalue weighted by Gasteiger charge is -2.46. The lowest BCUT2D eigenvalue weighted by Crippen LogP contribution is -2.61. The van der Waals surface area contributed by atoms with Gasteiger partial charge in [-0.25, -0.2) is 4.79 Å². The van der Waals surface area contributed by atoms with Gasteiger partial charge < -0.3 is 9.64 Å². The quantitative estimate of drug-likeness (QED) is 0.738. The van der Waals surface area contributed by atoms with Gasteiger partial charge >= 0.3 is 6.09 Å². The van der Waals surface area contributed by atoms with Gasteiger partial charge in [0, 0.05) is 17.6 Å². The second-order valence-electron chi connectivity index (χ2n) is 7.18. The maximum atomic E-state index is 12.1. The zero-order chi connectivity index (χ0) is 18.1. The average Bonchev–Trinajstić information content (AvgIpc) is 2.45. The molecule has 0 radical (unpaired) electrons. The van der Waals surface area contributed by atoms with Crippen molar-refractivity contribution >= 4 is 27.6 Å². The van der Waals surface area contributed by atoms with E-state index in [4.69, 9.17) is 4.74 Å². The maximum absolute atomic E-state index is 12.1. The predicted molar refractivity (Wildman–Crippen MR) is 98.6 cm³/mol. The van der Waals surface area contributed by atoms with Crippen LogP contribution in [0.1, 0.15) is 45.2 Å². The third kappa shape index (κ3) is 3.64. The van der Waals surface area contributed by atoms with Crippen molar-refractivity contribution in [3.05, 3.63) is 40.4 Å². The highest BCUT2D eigenvalue weighted by atomic mass is 79.9. The fourth-order valence-corrected chi connectivity index (χ4v) is 3.45. The Morgan fingerprint density at radius 2 is 2.08 bits per heavy atom. The fourth-order valence-electron chi connectivity index (χ4n) is 2.69. The number of rotatable bonds is 3. The number of nitrogens with zero attached hydrogens (tertiary/aromatic N) is 2. The maximum Gasteiger partial charge on any atom is 0.410 e. The average molecular weight is 391 g/mol. The number of allylic oxidation sites excluding steroid dienone is 1. The molecule has 128 valence electrons. The molecule has 4 nitrogen and oxygen atoms in total. The van der Waals surface area contributed by atoms with Gasteiger partial charge in [-0.1, -0.05) is 41.6 Å². The number of amides is 1. The highest BCUT2D eigenvalue weighted by molar-refractivity contribution is 9.10. The smallest absolute Gasteiger partial charge is 0.410 e. The molecule has 0 atom stereocenters. The van der Waals surface area contributed by atoms with E-state index < -0.39 is 11.0 Å². The summed E-state index contributed by atoms with van der Waals surface area (Å²) in [6.45, 7) is 12.3. The van der Waals surface area contributed by atoms with Gasteiger partial charge in [-0.2, -0.15) is 5.26 Å². The lowest BCUT2D eigenvalue weighted by molar-refractivity contribution is -0.000546. The molecule has 1 saturated heterocycles. The number of likely N-dealkylation sites (tertiary alicyclic amines) is 1. The SMILES string of the molecule is C=C(CC)c1ccc(C2(C#N)CN(C(=O)OC(C)(C)C)C2)c(Br)c1. The first-order valence-electron chi connectivity index (χ1n) is 7.99. The van der Waals surface area contributed by atoms with Crippen molar-refractivity contribution in [1.82, 2.24) is 4.90 Å². The molecule has 1 aliphatic rings. The highest BCUT2D eigenvalue weighted by Gasteiger charge is 2.49. The number of halogens is 1. The summed E-state index contributed by atoms with van der Waals surface area (Å²) in [4.78, 5) is 13.7. The van der Waals surface area contributed by atoms with Gasteiger partial charge in [0.15, 0.2) is 0 Å². The van der Waals surface area contributed by atoms with E-state index in [0.717, 1.165) is 27.6 Å². The number of benzene rings is 1. The Morgan fingerprint density at radius 1 is 1.46 bits per heavy atom. The van der Waals surface area contributed by atoms with Crippen LogP contribution in [0.15, 0.2) is 29.3 Å². The number of carbonyl (C=O) groups is 1. The Hall–Kier alpha value is -1.80. The Labute approximate surface area is 152 Å². The molecule has 1 fully saturated rings. The van der Waals surface area contributed by atoms with Gasteiger partial charge in [0.2, 0.25) is 0 Å². The van der Waals surface area contributed by atoms with Crippen molar-refractivity contribution in [1.29, 1.82) is 5.26 Å². The summed E-state index contributed by atoms with van der Waals surface area (Å²) >= 11 is 3.57. The van der Waals surface area contributed by atoms with Crippen molar-refractivity contribution in [2.45, 2.75) is 45.1 Å². The van der Waals surface area contributed by atoms with Gasteiger partial charge in [-0.05, 0) is 50.0 Å². The molecule has 0 aliphatic carbocycles. The molecular weight excluding hydrogens is 368 g/mol. The van der Waals surface area contributed by atoms with E-state index >= 15 is 0 Å². The first-order chi connectivity index (χ1) is 11.1. The Bertz CT molecular complexity index is 707. The van der Waals surface area contributed by atoms with Crippen LogP contribution >= 0.6 is 15.9 Å². The van der Waals surface area contributed by atoms with Gasteiger partial charge in [-0.3, -0.25) is 0 Å². The van der Waals surface area contributed by atoms with Crippen molar-refractivity contribution in [3.8, 4) is 6.07 Å². The summed E-state index contributed by atoms with van der Waals surface area (Å²) in [5, 5.41) is 9.70. The zero-order valence-electron chi connectivity index (χ0n) is 14.6. The Balaban J connectivity index is 2.18. The summed E-state index contributed by atoms with van der Waals surface area (Å²) in [5.41, 5.74) is 1.78. The minimum absolute atomic E-state index is 0.338. The molecule has 1 amide bonds. The number of hydrogen-bond acceptors (Lipinski definition) is 3. The van der Waals surface area contributed by atoms with Crippen LogP contribution in [0.2, 0.25) is 0 Å². The van der Waals surface area contributed by atoms with Crippen molar-refractivity contribution in [2.75, 3.05) is 13.1 Å². The minimum Gasteiger partial charge on any atom is -0.444 e. The van der Waals surface area contributed by atoms with E-state index in [2.05, 4.69) is 35.5 Å². The molecule has 0 saturated carbocycles. The number of nitriles is 1. The van der Waals surface area contributed by atoms with Crippen LogP contribution in [0.5, 0.6) is 0 Å². The summed E-state index contributed by atoms with van der Waals surface area (Å²) in [7, 11) is 0. The van der Waals surface area contributed by atoms with Crippen LogP contribution in [0.25, 0.3) is 5.57 Å². The molecule has 0 unspecified atom stereocenters. The van der Waals surface area contributed by atoms with E-state index in [1.165, 1.54) is 0 Å². The topological polar surface area (TPSA) is 53.3 Å². The van der Waals surface area contributed by atoms with E-state index in [1.54, 1.807) is 4.90 Å². The molecule has 5 heteroatoms. The zero-order valence-corrected chi connectivity index (χ0v) is 16.2. The number of ether oxygens (including phenoxy) is 1. The van der Waals surface area contributed by atoms with Crippen LogP contribution in [-0.4, -0.2) is 29.7 Å². The summed E-state index contributed by atoms with van der Waals surface area (Å²) in [6, 6.07) is 8.32. The molecule has 24 heavy (non-hydrogen) atoms. The first-order valence-corrected chi connectivity index (χ1v) is 8.78. The molecule has 1 aromatic rings. The molecule has 0 N–H and O–H groups in total. The van der Waals surface area contributed by atoms with Gasteiger partial charge in [-0.15, -0.1) is 0 Å². The summed E-state index contributed by atoms with van der Waals surface area (Å²) in [6.07, 6.45) is 0.502. The number of hydrogen-bond donors (Lipinski definition) is 0.